The van der Waals surface area contributed by atoms with Crippen molar-refractivity contribution in [3.8, 4) is 0 Å². The van der Waals surface area contributed by atoms with E-state index in [2.05, 4.69) is 6.92 Å². The van der Waals surface area contributed by atoms with Gasteiger partial charge < -0.3 is 5.11 Å². The summed E-state index contributed by atoms with van der Waals surface area (Å²) < 4.78 is 1.27. The average Bonchev–Trinajstić information content (AvgIpc) is 2.90. The van der Waals surface area contributed by atoms with Crippen molar-refractivity contribution in [2.45, 2.75) is 25.9 Å². The molecule has 78 valence electrons. The van der Waals surface area contributed by atoms with E-state index in [1.165, 1.54) is 24.2 Å². The van der Waals surface area contributed by atoms with Gasteiger partial charge in [0, 0.05) is 5.56 Å². The van der Waals surface area contributed by atoms with E-state index in [0.29, 0.717) is 14.6 Å². The van der Waals surface area contributed by atoms with Crippen LogP contribution in [0.5, 0.6) is 0 Å². The van der Waals surface area contributed by atoms with Crippen molar-refractivity contribution in [1.29, 1.82) is 0 Å². The van der Waals surface area contributed by atoms with Crippen LogP contribution in [0.25, 0.3) is 0 Å². The highest BCUT2D eigenvalue weighted by Gasteiger charge is 2.34. The van der Waals surface area contributed by atoms with E-state index >= 15 is 0 Å². The maximum atomic E-state index is 10.1. The van der Waals surface area contributed by atoms with Crippen LogP contribution in [0.15, 0.2) is 6.07 Å². The highest BCUT2D eigenvalue weighted by atomic mass is 35.5. The minimum absolute atomic E-state index is 0.290. The van der Waals surface area contributed by atoms with E-state index < -0.39 is 6.10 Å². The fourth-order valence-electron chi connectivity index (χ4n) is 1.72. The summed E-state index contributed by atoms with van der Waals surface area (Å²) in [4.78, 5) is 0. The molecular weight excluding hydrogens is 239 g/mol. The van der Waals surface area contributed by atoms with E-state index in [1.807, 2.05) is 0 Å². The van der Waals surface area contributed by atoms with Crippen molar-refractivity contribution < 1.29 is 5.11 Å². The number of aliphatic hydroxyl groups excluding tert-OH is 1. The third-order valence-corrected chi connectivity index (χ3v) is 4.38. The minimum Gasteiger partial charge on any atom is -0.388 e. The van der Waals surface area contributed by atoms with Crippen molar-refractivity contribution in [2.75, 3.05) is 0 Å². The Kier molecular flexibility index (Phi) is 3.08. The Morgan fingerprint density at radius 1 is 1.50 bits per heavy atom. The van der Waals surface area contributed by atoms with Gasteiger partial charge >= 0.3 is 0 Å². The fraction of sp³-hybridized carbons (Fsp3) is 0.600. The molecule has 4 heteroatoms. The van der Waals surface area contributed by atoms with Gasteiger partial charge in [-0.05, 0) is 30.7 Å². The van der Waals surface area contributed by atoms with Crippen LogP contribution in [-0.4, -0.2) is 5.11 Å². The molecule has 14 heavy (non-hydrogen) atoms. The molecule has 1 aromatic rings. The number of aliphatic hydroxyl groups is 1. The van der Waals surface area contributed by atoms with Crippen molar-refractivity contribution >= 4 is 34.5 Å². The van der Waals surface area contributed by atoms with Crippen LogP contribution >= 0.6 is 34.5 Å². The maximum Gasteiger partial charge on any atom is 0.100 e. The Bertz CT molecular complexity index is 333. The highest BCUT2D eigenvalue weighted by Crippen LogP contribution is 2.45. The lowest BCUT2D eigenvalue weighted by atomic mass is 9.95. The molecule has 2 atom stereocenters. The summed E-state index contributed by atoms with van der Waals surface area (Å²) in [6.45, 7) is 2.07. The second kappa shape index (κ2) is 4.01. The summed E-state index contributed by atoms with van der Waals surface area (Å²) in [5, 5.41) is 10.1. The Morgan fingerprint density at radius 3 is 2.57 bits per heavy atom. The van der Waals surface area contributed by atoms with E-state index in [1.54, 1.807) is 6.07 Å². The van der Waals surface area contributed by atoms with Crippen molar-refractivity contribution in [1.82, 2.24) is 0 Å². The van der Waals surface area contributed by atoms with Gasteiger partial charge in [-0.1, -0.05) is 30.1 Å². The smallest absolute Gasteiger partial charge is 0.100 e. The van der Waals surface area contributed by atoms with E-state index in [9.17, 15) is 5.11 Å². The lowest BCUT2D eigenvalue weighted by Gasteiger charge is -2.17. The van der Waals surface area contributed by atoms with Gasteiger partial charge in [0.2, 0.25) is 0 Å². The molecule has 0 amide bonds. The third-order valence-electron chi connectivity index (χ3n) is 2.87. The Balaban J connectivity index is 2.16. The first-order valence-corrected chi connectivity index (χ1v) is 6.29. The van der Waals surface area contributed by atoms with Crippen LogP contribution in [0.4, 0.5) is 0 Å². The largest absolute Gasteiger partial charge is 0.388 e. The number of thiophene rings is 1. The van der Waals surface area contributed by atoms with Gasteiger partial charge in [0.05, 0.1) is 10.4 Å². The zero-order chi connectivity index (χ0) is 10.3. The molecule has 1 N–H and O–H groups in total. The van der Waals surface area contributed by atoms with Gasteiger partial charge in [0.25, 0.3) is 0 Å². The predicted octanol–water partition coefficient (Wildman–Crippen LogP) is 4.13. The summed E-state index contributed by atoms with van der Waals surface area (Å²) >= 11 is 13.1. The molecule has 1 aromatic heterocycles. The van der Waals surface area contributed by atoms with Crippen LogP contribution in [0.1, 0.15) is 31.4 Å². The van der Waals surface area contributed by atoms with Gasteiger partial charge in [-0.2, -0.15) is 0 Å². The molecule has 2 unspecified atom stereocenters. The predicted molar refractivity (Wildman–Crippen MR) is 61.2 cm³/mol. The molecule has 1 heterocycles. The second-order valence-electron chi connectivity index (χ2n) is 3.92. The first-order chi connectivity index (χ1) is 6.59. The SMILES string of the molecule is CC(C1CC1)C(O)c1cc(Cl)sc1Cl. The highest BCUT2D eigenvalue weighted by molar-refractivity contribution is 7.20. The van der Waals surface area contributed by atoms with Crippen molar-refractivity contribution in [3.05, 3.63) is 20.3 Å². The Hall–Kier alpha value is 0.240. The first kappa shape index (κ1) is 10.7. The van der Waals surface area contributed by atoms with Crippen LogP contribution in [0.3, 0.4) is 0 Å². The van der Waals surface area contributed by atoms with Gasteiger partial charge in [-0.3, -0.25) is 0 Å². The molecule has 2 rings (SSSR count). The molecular formula is C10H12Cl2OS. The molecule has 0 saturated heterocycles. The lowest BCUT2D eigenvalue weighted by Crippen LogP contribution is -2.10. The quantitative estimate of drug-likeness (QED) is 0.856. The van der Waals surface area contributed by atoms with Crippen LogP contribution in [0.2, 0.25) is 8.67 Å². The van der Waals surface area contributed by atoms with Crippen LogP contribution < -0.4 is 0 Å². The molecule has 1 aliphatic carbocycles. The Labute approximate surface area is 97.7 Å². The molecule has 1 saturated carbocycles. The number of rotatable bonds is 3. The summed E-state index contributed by atoms with van der Waals surface area (Å²) in [6.07, 6.45) is 2.00. The first-order valence-electron chi connectivity index (χ1n) is 4.72. The number of hydrogen-bond acceptors (Lipinski definition) is 2. The van der Waals surface area contributed by atoms with Crippen molar-refractivity contribution in [3.63, 3.8) is 0 Å². The normalized spacial score (nSPS) is 20.9. The fourth-order valence-corrected chi connectivity index (χ4v) is 3.26. The van der Waals surface area contributed by atoms with Gasteiger partial charge in [0.1, 0.15) is 4.34 Å². The number of halogens is 2. The van der Waals surface area contributed by atoms with Crippen molar-refractivity contribution in [2.24, 2.45) is 11.8 Å². The molecule has 0 radical (unpaired) electrons. The van der Waals surface area contributed by atoms with Gasteiger partial charge in [0.15, 0.2) is 0 Å². The van der Waals surface area contributed by atoms with E-state index in [0.717, 1.165) is 5.56 Å². The minimum atomic E-state index is -0.459. The summed E-state index contributed by atoms with van der Waals surface area (Å²) in [5.41, 5.74) is 0.793. The maximum absolute atomic E-state index is 10.1. The average molecular weight is 251 g/mol. The number of hydrogen-bond donors (Lipinski definition) is 1. The Morgan fingerprint density at radius 2 is 2.14 bits per heavy atom. The zero-order valence-electron chi connectivity index (χ0n) is 7.84. The lowest BCUT2D eigenvalue weighted by molar-refractivity contribution is 0.106. The van der Waals surface area contributed by atoms with Gasteiger partial charge in [-0.15, -0.1) is 11.3 Å². The van der Waals surface area contributed by atoms with Crippen LogP contribution in [-0.2, 0) is 0 Å². The molecule has 0 aliphatic heterocycles. The summed E-state index contributed by atoms with van der Waals surface area (Å²) in [5.74, 6) is 0.956. The molecule has 1 aliphatic rings. The van der Waals surface area contributed by atoms with Gasteiger partial charge in [-0.25, -0.2) is 0 Å². The summed E-state index contributed by atoms with van der Waals surface area (Å²) in [7, 11) is 0. The monoisotopic (exact) mass is 250 g/mol. The van der Waals surface area contributed by atoms with Crippen LogP contribution in [0, 0.1) is 11.8 Å². The van der Waals surface area contributed by atoms with E-state index in [-0.39, 0.29) is 5.92 Å². The summed E-state index contributed by atoms with van der Waals surface area (Å²) in [6, 6.07) is 1.78. The second-order valence-corrected chi connectivity index (χ2v) is 6.21. The third kappa shape index (κ3) is 2.08. The zero-order valence-corrected chi connectivity index (χ0v) is 10.2. The molecule has 1 fully saturated rings. The molecule has 0 spiro atoms. The standard InChI is InChI=1S/C10H12Cl2OS/c1-5(6-2-3-6)9(13)7-4-8(11)14-10(7)12/h4-6,9,13H,2-3H2,1H3. The van der Waals surface area contributed by atoms with E-state index in [4.69, 9.17) is 23.2 Å². The molecule has 0 aromatic carbocycles. The topological polar surface area (TPSA) is 20.2 Å². The molecule has 1 nitrogen and oxygen atoms in total. The molecule has 0 bridgehead atoms.